The summed E-state index contributed by atoms with van der Waals surface area (Å²) < 4.78 is 0. The number of aldehydes is 1. The first-order valence-electron chi connectivity index (χ1n) is 9.76. The average molecular weight is 382 g/mol. The van der Waals surface area contributed by atoms with Crippen molar-refractivity contribution in [2.75, 3.05) is 18.0 Å². The van der Waals surface area contributed by atoms with Gasteiger partial charge in [0.2, 0.25) is 17.6 Å². The van der Waals surface area contributed by atoms with Crippen LogP contribution in [0.5, 0.6) is 0 Å². The van der Waals surface area contributed by atoms with Gasteiger partial charge in [0.1, 0.15) is 6.04 Å². The quantitative estimate of drug-likeness (QED) is 0.418. The van der Waals surface area contributed by atoms with E-state index in [4.69, 9.17) is 0 Å². The summed E-state index contributed by atoms with van der Waals surface area (Å²) in [5.41, 5.74) is 2.78. The van der Waals surface area contributed by atoms with E-state index in [9.17, 15) is 19.2 Å². The van der Waals surface area contributed by atoms with Crippen molar-refractivity contribution in [3.8, 4) is 0 Å². The highest BCUT2D eigenvalue weighted by molar-refractivity contribution is 6.28. The smallest absolute Gasteiger partial charge is 0.243 e. The van der Waals surface area contributed by atoms with Gasteiger partial charge in [-0.25, -0.2) is 0 Å². The fourth-order valence-electron chi connectivity index (χ4n) is 5.15. The van der Waals surface area contributed by atoms with Gasteiger partial charge >= 0.3 is 0 Å². The lowest BCUT2D eigenvalue weighted by Gasteiger charge is -2.49. The van der Waals surface area contributed by atoms with Gasteiger partial charge in [0.25, 0.3) is 0 Å². The van der Waals surface area contributed by atoms with E-state index in [0.29, 0.717) is 31.3 Å². The van der Waals surface area contributed by atoms with Crippen LogP contribution in [0, 0.1) is 0 Å². The van der Waals surface area contributed by atoms with Gasteiger partial charge in [-0.05, 0) is 24.5 Å². The van der Waals surface area contributed by atoms with E-state index in [2.05, 4.69) is 15.5 Å². The van der Waals surface area contributed by atoms with Gasteiger partial charge in [0.05, 0.1) is 6.04 Å². The average Bonchev–Trinajstić information content (AvgIpc) is 3.06. The molecule has 8 heteroatoms. The second kappa shape index (κ2) is 6.49. The summed E-state index contributed by atoms with van der Waals surface area (Å²) in [4.78, 5) is 52.2. The number of anilines is 1. The molecule has 2 amide bonds. The SMILES string of the molecule is O=CC(=O)C1c2c(cccc2N2CC3CC(C2)N3)CN1C1CCC(=O)NC1=O. The van der Waals surface area contributed by atoms with Crippen molar-refractivity contribution >= 4 is 29.6 Å². The lowest BCUT2D eigenvalue weighted by Crippen LogP contribution is -2.67. The number of carbonyl (C=O) groups is 4. The molecule has 0 aliphatic carbocycles. The Morgan fingerprint density at radius 1 is 1.18 bits per heavy atom. The Morgan fingerprint density at radius 2 is 1.93 bits per heavy atom. The Labute approximate surface area is 162 Å². The highest BCUT2D eigenvalue weighted by Gasteiger charge is 2.46. The maximum Gasteiger partial charge on any atom is 0.243 e. The fraction of sp³-hybridized carbons (Fsp3) is 0.500. The normalized spacial score (nSPS) is 31.8. The van der Waals surface area contributed by atoms with Crippen molar-refractivity contribution in [2.45, 2.75) is 50.0 Å². The maximum absolute atomic E-state index is 12.7. The molecule has 8 nitrogen and oxygen atoms in total. The third-order valence-electron chi connectivity index (χ3n) is 6.39. The third kappa shape index (κ3) is 2.67. The highest BCUT2D eigenvalue weighted by atomic mass is 16.2. The minimum absolute atomic E-state index is 0.235. The Bertz CT molecular complexity index is 869. The molecule has 0 aromatic heterocycles. The number of carbonyl (C=O) groups excluding carboxylic acids is 4. The largest absolute Gasteiger partial charge is 0.368 e. The van der Waals surface area contributed by atoms with E-state index in [-0.39, 0.29) is 12.3 Å². The maximum atomic E-state index is 12.7. The molecule has 0 saturated carbocycles. The molecule has 28 heavy (non-hydrogen) atoms. The number of nitrogens with one attached hydrogen (secondary N) is 2. The van der Waals surface area contributed by atoms with Crippen LogP contribution in [0.3, 0.4) is 0 Å². The number of piperazine rings is 1. The molecular formula is C20H22N4O4. The Balaban J connectivity index is 1.52. The first kappa shape index (κ1) is 17.5. The summed E-state index contributed by atoms with van der Waals surface area (Å²) >= 11 is 0. The van der Waals surface area contributed by atoms with Crippen molar-refractivity contribution in [3.05, 3.63) is 29.3 Å². The summed E-state index contributed by atoms with van der Waals surface area (Å²) in [6.45, 7) is 2.15. The van der Waals surface area contributed by atoms with Crippen LogP contribution >= 0.6 is 0 Å². The molecule has 4 fully saturated rings. The standard InChI is InChI=1S/C20H22N4O4/c25-10-16(26)19-18-11(7-24(19)15-4-5-17(27)22-20(15)28)2-1-3-14(18)23-8-12-6-13(9-23)21-12/h1-3,10,12-13,15,19,21H,4-9H2,(H,22,27,28). The number of hydrogen-bond donors (Lipinski definition) is 2. The Morgan fingerprint density at radius 3 is 2.61 bits per heavy atom. The summed E-state index contributed by atoms with van der Waals surface area (Å²) in [7, 11) is 0. The summed E-state index contributed by atoms with van der Waals surface area (Å²) in [5.74, 6) is -1.23. The van der Waals surface area contributed by atoms with Crippen LogP contribution in [0.1, 0.15) is 36.4 Å². The van der Waals surface area contributed by atoms with E-state index in [1.807, 2.05) is 18.2 Å². The number of Topliss-reactive ketones (excluding diaryl/α,β-unsaturated/α-hetero) is 1. The number of imide groups is 1. The van der Waals surface area contributed by atoms with Crippen molar-refractivity contribution in [2.24, 2.45) is 0 Å². The topological polar surface area (TPSA) is 98.8 Å². The van der Waals surface area contributed by atoms with Crippen LogP contribution in [0.25, 0.3) is 0 Å². The number of rotatable bonds is 4. The van der Waals surface area contributed by atoms with Gasteiger partial charge < -0.3 is 10.2 Å². The minimum Gasteiger partial charge on any atom is -0.368 e. The number of amides is 2. The number of fused-ring (bicyclic) bond motifs is 3. The van der Waals surface area contributed by atoms with Crippen molar-refractivity contribution in [1.82, 2.24) is 15.5 Å². The molecule has 5 heterocycles. The molecule has 2 bridgehead atoms. The van der Waals surface area contributed by atoms with Crippen molar-refractivity contribution in [1.29, 1.82) is 0 Å². The molecule has 4 atom stereocenters. The number of benzene rings is 1. The molecule has 2 N–H and O–H groups in total. The van der Waals surface area contributed by atoms with Gasteiger partial charge in [-0.2, -0.15) is 0 Å². The second-order valence-corrected chi connectivity index (χ2v) is 8.11. The van der Waals surface area contributed by atoms with E-state index in [1.165, 1.54) is 6.42 Å². The van der Waals surface area contributed by atoms with Crippen LogP contribution in [0.4, 0.5) is 5.69 Å². The van der Waals surface area contributed by atoms with Crippen molar-refractivity contribution < 1.29 is 19.2 Å². The summed E-state index contributed by atoms with van der Waals surface area (Å²) in [6.07, 6.45) is 2.11. The van der Waals surface area contributed by atoms with Crippen LogP contribution in [0.15, 0.2) is 18.2 Å². The van der Waals surface area contributed by atoms with Crippen LogP contribution in [0.2, 0.25) is 0 Å². The molecule has 0 spiro atoms. The van der Waals surface area contributed by atoms with Gasteiger partial charge in [-0.3, -0.25) is 29.4 Å². The lowest BCUT2D eigenvalue weighted by atomic mass is 9.89. The fourth-order valence-corrected chi connectivity index (χ4v) is 5.15. The molecule has 6 rings (SSSR count). The summed E-state index contributed by atoms with van der Waals surface area (Å²) in [6, 6.07) is 5.48. The number of hydrogen-bond acceptors (Lipinski definition) is 7. The molecule has 4 unspecified atom stereocenters. The number of ketones is 1. The minimum atomic E-state index is -0.779. The monoisotopic (exact) mass is 382 g/mol. The van der Waals surface area contributed by atoms with Gasteiger partial charge in [-0.1, -0.05) is 12.1 Å². The molecule has 146 valence electrons. The number of nitrogens with zero attached hydrogens (tertiary/aromatic N) is 2. The molecule has 4 saturated heterocycles. The van der Waals surface area contributed by atoms with E-state index >= 15 is 0 Å². The second-order valence-electron chi connectivity index (χ2n) is 8.11. The summed E-state index contributed by atoms with van der Waals surface area (Å²) in [5, 5.41) is 5.86. The molecule has 5 aliphatic rings. The zero-order valence-corrected chi connectivity index (χ0v) is 15.4. The zero-order valence-electron chi connectivity index (χ0n) is 15.4. The third-order valence-corrected chi connectivity index (χ3v) is 6.39. The molecule has 1 aromatic rings. The van der Waals surface area contributed by atoms with Gasteiger partial charge in [0, 0.05) is 49.4 Å². The van der Waals surface area contributed by atoms with Crippen molar-refractivity contribution in [3.63, 3.8) is 0 Å². The Kier molecular flexibility index (Phi) is 4.06. The van der Waals surface area contributed by atoms with Gasteiger partial charge in [0.15, 0.2) is 6.29 Å². The molecule has 5 aliphatic heterocycles. The van der Waals surface area contributed by atoms with Gasteiger partial charge in [-0.15, -0.1) is 0 Å². The van der Waals surface area contributed by atoms with E-state index in [0.717, 1.165) is 29.9 Å². The molecular weight excluding hydrogens is 360 g/mol. The van der Waals surface area contributed by atoms with Crippen LogP contribution in [-0.2, 0) is 25.7 Å². The molecule has 1 aromatic carbocycles. The zero-order chi connectivity index (χ0) is 19.4. The van der Waals surface area contributed by atoms with E-state index in [1.54, 1.807) is 4.90 Å². The first-order valence-corrected chi connectivity index (χ1v) is 9.76. The molecule has 0 radical (unpaired) electrons. The van der Waals surface area contributed by atoms with Crippen LogP contribution in [-0.4, -0.2) is 60.0 Å². The van der Waals surface area contributed by atoms with E-state index < -0.39 is 23.8 Å². The predicted octanol–water partition coefficient (Wildman–Crippen LogP) is -0.333. The highest BCUT2D eigenvalue weighted by Crippen LogP contribution is 2.43. The predicted molar refractivity (Wildman–Crippen MR) is 99.5 cm³/mol. The van der Waals surface area contributed by atoms with Crippen LogP contribution < -0.4 is 15.5 Å². The lowest BCUT2D eigenvalue weighted by molar-refractivity contribution is -0.141. The number of piperidine rings is 2. The first-order chi connectivity index (χ1) is 13.5. The Hall–Kier alpha value is -2.58.